The van der Waals surface area contributed by atoms with Gasteiger partial charge < -0.3 is 0 Å². The minimum Gasteiger partial charge on any atom is -0.271 e. The molecule has 1 N–H and O–H groups in total. The van der Waals surface area contributed by atoms with Crippen molar-refractivity contribution in [2.24, 2.45) is 5.10 Å². The van der Waals surface area contributed by atoms with Gasteiger partial charge in [0.05, 0.1) is 10.6 Å². The van der Waals surface area contributed by atoms with Crippen LogP contribution in [0.1, 0.15) is 44.1 Å². The van der Waals surface area contributed by atoms with E-state index in [1.165, 1.54) is 25.0 Å². The highest BCUT2D eigenvalue weighted by Crippen LogP contribution is 2.24. The lowest BCUT2D eigenvalue weighted by atomic mass is 10.2. The predicted molar refractivity (Wildman–Crippen MR) is 115 cm³/mol. The lowest BCUT2D eigenvalue weighted by Crippen LogP contribution is -2.39. The Morgan fingerprint density at radius 1 is 1.00 bits per heavy atom. The topological polar surface area (TPSA) is 78.8 Å². The molecule has 2 aromatic carbocycles. The highest BCUT2D eigenvalue weighted by Gasteiger charge is 2.27. The van der Waals surface area contributed by atoms with Crippen molar-refractivity contribution in [2.75, 3.05) is 10.8 Å². The fourth-order valence-corrected chi connectivity index (χ4v) is 4.81. The molecule has 1 saturated carbocycles. The average molecular weight is 414 g/mol. The Bertz CT molecular complexity index is 962. The second-order valence-electron chi connectivity index (χ2n) is 7.29. The first-order chi connectivity index (χ1) is 14.0. The highest BCUT2D eigenvalue weighted by atomic mass is 32.2. The van der Waals surface area contributed by atoms with E-state index in [-0.39, 0.29) is 11.4 Å². The third-order valence-electron chi connectivity index (χ3n) is 4.93. The number of benzene rings is 2. The lowest BCUT2D eigenvalue weighted by molar-refractivity contribution is -0.119. The molecule has 0 radical (unpaired) electrons. The quantitative estimate of drug-likeness (QED) is 0.574. The van der Waals surface area contributed by atoms with E-state index in [4.69, 9.17) is 0 Å². The number of hydrogen-bond donors (Lipinski definition) is 1. The van der Waals surface area contributed by atoms with Crippen molar-refractivity contribution >= 4 is 27.3 Å². The standard InChI is InChI=1S/C22H27N3O3S/c1-18-10-9-13-20(16-18)25(29(27,28)21-14-7-4-8-15-21)17-22(26)24-23-19-11-5-2-3-6-12-19/h4,7-10,13-16H,2-3,5-6,11-12,17H2,1H3,(H,24,26). The van der Waals surface area contributed by atoms with Crippen molar-refractivity contribution in [1.29, 1.82) is 0 Å². The number of hydrazone groups is 1. The number of nitrogens with one attached hydrogen (secondary N) is 1. The molecule has 6 nitrogen and oxygen atoms in total. The lowest BCUT2D eigenvalue weighted by Gasteiger charge is -2.24. The van der Waals surface area contributed by atoms with Crippen LogP contribution in [0.4, 0.5) is 5.69 Å². The minimum atomic E-state index is -3.89. The maximum atomic E-state index is 13.2. The van der Waals surface area contributed by atoms with E-state index in [1.54, 1.807) is 36.4 Å². The Morgan fingerprint density at radius 2 is 1.69 bits per heavy atom. The van der Waals surface area contributed by atoms with Crippen LogP contribution in [-0.4, -0.2) is 26.6 Å². The number of sulfonamides is 1. The van der Waals surface area contributed by atoms with Gasteiger partial charge in [0.25, 0.3) is 15.9 Å². The van der Waals surface area contributed by atoms with Crippen molar-refractivity contribution in [1.82, 2.24) is 5.43 Å². The van der Waals surface area contributed by atoms with Crippen LogP contribution in [-0.2, 0) is 14.8 Å². The summed E-state index contributed by atoms with van der Waals surface area (Å²) in [6.07, 6.45) is 6.28. The third kappa shape index (κ3) is 5.67. The van der Waals surface area contributed by atoms with E-state index in [0.29, 0.717) is 5.69 Å². The molecule has 0 heterocycles. The molecular formula is C22H27N3O3S. The molecule has 0 saturated heterocycles. The van der Waals surface area contributed by atoms with Gasteiger partial charge in [0.15, 0.2) is 0 Å². The Labute approximate surface area is 172 Å². The molecule has 0 aliphatic heterocycles. The average Bonchev–Trinajstić information content (AvgIpc) is 3.00. The van der Waals surface area contributed by atoms with E-state index in [0.717, 1.165) is 41.3 Å². The zero-order chi connectivity index (χ0) is 20.7. The Kier molecular flexibility index (Phi) is 7.04. The van der Waals surface area contributed by atoms with E-state index < -0.39 is 15.9 Å². The molecule has 1 aliphatic carbocycles. The summed E-state index contributed by atoms with van der Waals surface area (Å²) in [5, 5.41) is 4.26. The molecule has 0 unspecified atom stereocenters. The summed E-state index contributed by atoms with van der Waals surface area (Å²) in [6.45, 7) is 1.55. The van der Waals surface area contributed by atoms with E-state index >= 15 is 0 Å². The Balaban J connectivity index is 1.84. The fourth-order valence-electron chi connectivity index (χ4n) is 3.37. The van der Waals surface area contributed by atoms with Crippen LogP contribution < -0.4 is 9.73 Å². The van der Waals surface area contributed by atoms with Crippen molar-refractivity contribution in [2.45, 2.75) is 50.3 Å². The molecular weight excluding hydrogens is 386 g/mol. The number of aryl methyl sites for hydroxylation is 1. The van der Waals surface area contributed by atoms with Crippen LogP contribution in [0.5, 0.6) is 0 Å². The van der Waals surface area contributed by atoms with Crippen LogP contribution in [0.3, 0.4) is 0 Å². The Morgan fingerprint density at radius 3 is 2.34 bits per heavy atom. The summed E-state index contributed by atoms with van der Waals surface area (Å²) < 4.78 is 27.6. The van der Waals surface area contributed by atoms with Crippen molar-refractivity contribution in [3.8, 4) is 0 Å². The summed E-state index contributed by atoms with van der Waals surface area (Å²) >= 11 is 0. The van der Waals surface area contributed by atoms with Gasteiger partial charge in [-0.05, 0) is 62.4 Å². The molecule has 1 fully saturated rings. The van der Waals surface area contributed by atoms with Crippen molar-refractivity contribution < 1.29 is 13.2 Å². The van der Waals surface area contributed by atoms with Gasteiger partial charge in [-0.15, -0.1) is 0 Å². The first-order valence-electron chi connectivity index (χ1n) is 9.95. The molecule has 1 amide bonds. The fraction of sp³-hybridized carbons (Fsp3) is 0.364. The molecule has 154 valence electrons. The van der Waals surface area contributed by atoms with Crippen LogP contribution in [0.25, 0.3) is 0 Å². The van der Waals surface area contributed by atoms with Crippen LogP contribution in [0, 0.1) is 6.92 Å². The zero-order valence-corrected chi connectivity index (χ0v) is 17.5. The van der Waals surface area contributed by atoms with Crippen LogP contribution in [0.2, 0.25) is 0 Å². The van der Waals surface area contributed by atoms with Gasteiger partial charge in [-0.1, -0.05) is 43.2 Å². The van der Waals surface area contributed by atoms with Gasteiger partial charge >= 0.3 is 0 Å². The monoisotopic (exact) mass is 413 g/mol. The number of hydrogen-bond acceptors (Lipinski definition) is 4. The van der Waals surface area contributed by atoms with Crippen molar-refractivity contribution in [3.63, 3.8) is 0 Å². The number of anilines is 1. The molecule has 0 bridgehead atoms. The SMILES string of the molecule is Cc1cccc(N(CC(=O)NN=C2CCCCCC2)S(=O)(=O)c2ccccc2)c1. The minimum absolute atomic E-state index is 0.143. The highest BCUT2D eigenvalue weighted by molar-refractivity contribution is 7.92. The number of amides is 1. The maximum absolute atomic E-state index is 13.2. The molecule has 0 aromatic heterocycles. The van der Waals surface area contributed by atoms with Crippen LogP contribution >= 0.6 is 0 Å². The van der Waals surface area contributed by atoms with Gasteiger partial charge in [0.1, 0.15) is 6.54 Å². The normalized spacial score (nSPS) is 14.7. The van der Waals surface area contributed by atoms with E-state index in [9.17, 15) is 13.2 Å². The predicted octanol–water partition coefficient (Wildman–Crippen LogP) is 4.02. The van der Waals surface area contributed by atoms with E-state index in [1.807, 2.05) is 13.0 Å². The second-order valence-corrected chi connectivity index (χ2v) is 9.15. The summed E-state index contributed by atoms with van der Waals surface area (Å²) in [7, 11) is -3.89. The molecule has 0 atom stereocenters. The second kappa shape index (κ2) is 9.69. The van der Waals surface area contributed by atoms with Gasteiger partial charge in [-0.25, -0.2) is 13.8 Å². The van der Waals surface area contributed by atoms with Gasteiger partial charge in [-0.2, -0.15) is 5.10 Å². The molecule has 3 rings (SSSR count). The van der Waals surface area contributed by atoms with Crippen LogP contribution in [0.15, 0.2) is 64.6 Å². The number of rotatable bonds is 6. The maximum Gasteiger partial charge on any atom is 0.264 e. The number of nitrogens with zero attached hydrogens (tertiary/aromatic N) is 2. The van der Waals surface area contributed by atoms with Gasteiger partial charge in [-0.3, -0.25) is 9.10 Å². The molecule has 0 spiro atoms. The molecule has 29 heavy (non-hydrogen) atoms. The molecule has 7 heteroatoms. The van der Waals surface area contributed by atoms with Gasteiger partial charge in [0, 0.05) is 5.71 Å². The largest absolute Gasteiger partial charge is 0.271 e. The zero-order valence-electron chi connectivity index (χ0n) is 16.7. The first kappa shape index (κ1) is 21.0. The Hall–Kier alpha value is -2.67. The number of carbonyl (C=O) groups is 1. The smallest absolute Gasteiger partial charge is 0.264 e. The molecule has 2 aromatic rings. The summed E-state index contributed by atoms with van der Waals surface area (Å²) in [5.74, 6) is -0.456. The summed E-state index contributed by atoms with van der Waals surface area (Å²) in [5.41, 5.74) is 4.90. The first-order valence-corrected chi connectivity index (χ1v) is 11.4. The van der Waals surface area contributed by atoms with Crippen molar-refractivity contribution in [3.05, 3.63) is 60.2 Å². The van der Waals surface area contributed by atoms with E-state index in [2.05, 4.69) is 10.5 Å². The molecule has 1 aliphatic rings. The third-order valence-corrected chi connectivity index (χ3v) is 6.72. The number of carbonyl (C=O) groups excluding carboxylic acids is 1. The summed E-state index contributed by atoms with van der Waals surface area (Å²) in [4.78, 5) is 12.7. The van der Waals surface area contributed by atoms with Gasteiger partial charge in [0.2, 0.25) is 0 Å². The summed E-state index contributed by atoms with van der Waals surface area (Å²) in [6, 6.07) is 15.3.